The number of rotatable bonds is 5. The Balaban J connectivity index is 1.70. The fraction of sp³-hybridized carbons (Fsp3) is 0.533. The monoisotopic (exact) mass is 261 g/mol. The zero-order valence-corrected chi connectivity index (χ0v) is 11.1. The molecule has 1 aliphatic carbocycles. The smallest absolute Gasteiger partial charge is 0.223 e. The summed E-state index contributed by atoms with van der Waals surface area (Å²) in [6, 6.07) is 5.90. The number of nitrogens with two attached hydrogens (primary N) is 1. The Morgan fingerprint density at radius 1 is 1.53 bits per heavy atom. The van der Waals surface area contributed by atoms with Crippen LogP contribution in [0.2, 0.25) is 0 Å². The molecule has 4 nitrogen and oxygen atoms in total. The van der Waals surface area contributed by atoms with Gasteiger partial charge in [0.1, 0.15) is 11.5 Å². The Morgan fingerprint density at radius 3 is 2.95 bits per heavy atom. The van der Waals surface area contributed by atoms with Crippen LogP contribution in [0.5, 0.6) is 11.5 Å². The largest absolute Gasteiger partial charge is 0.497 e. The van der Waals surface area contributed by atoms with Crippen LogP contribution in [0.3, 0.4) is 0 Å². The van der Waals surface area contributed by atoms with Gasteiger partial charge in [-0.2, -0.15) is 0 Å². The average molecular weight is 261 g/mol. The van der Waals surface area contributed by atoms with Crippen LogP contribution in [0.25, 0.3) is 0 Å². The van der Waals surface area contributed by atoms with Gasteiger partial charge in [-0.1, -0.05) is 0 Å². The van der Waals surface area contributed by atoms with Gasteiger partial charge in [0, 0.05) is 16.9 Å². The third-order valence-corrected chi connectivity index (χ3v) is 4.44. The van der Waals surface area contributed by atoms with E-state index in [0.29, 0.717) is 12.5 Å². The van der Waals surface area contributed by atoms with Crippen LogP contribution in [-0.2, 0) is 4.79 Å². The third kappa shape index (κ3) is 2.15. The normalized spacial score (nSPS) is 22.5. The summed E-state index contributed by atoms with van der Waals surface area (Å²) < 4.78 is 10.9. The molecule has 1 amide bonds. The lowest BCUT2D eigenvalue weighted by Gasteiger charge is -2.14. The summed E-state index contributed by atoms with van der Waals surface area (Å²) in [5, 5.41) is 0. The van der Waals surface area contributed by atoms with E-state index in [1.165, 1.54) is 5.56 Å². The molecule has 19 heavy (non-hydrogen) atoms. The predicted octanol–water partition coefficient (Wildman–Crippen LogP) is 2.22. The van der Waals surface area contributed by atoms with Crippen molar-refractivity contribution in [3.8, 4) is 11.5 Å². The quantitative estimate of drug-likeness (QED) is 0.884. The minimum absolute atomic E-state index is 0.141. The molecule has 1 atom stereocenters. The van der Waals surface area contributed by atoms with Gasteiger partial charge < -0.3 is 15.2 Å². The number of hydrogen-bond donors (Lipinski definition) is 1. The average Bonchev–Trinajstić information content (AvgIpc) is 3.11. The van der Waals surface area contributed by atoms with Gasteiger partial charge in [0.15, 0.2) is 0 Å². The molecule has 1 saturated carbocycles. The van der Waals surface area contributed by atoms with E-state index >= 15 is 0 Å². The highest BCUT2D eigenvalue weighted by Gasteiger charge is 2.48. The zero-order valence-electron chi connectivity index (χ0n) is 11.1. The van der Waals surface area contributed by atoms with Crippen molar-refractivity contribution in [1.82, 2.24) is 0 Å². The Hall–Kier alpha value is -1.71. The van der Waals surface area contributed by atoms with Gasteiger partial charge in [0.2, 0.25) is 5.91 Å². The molecule has 1 aromatic rings. The molecule has 1 unspecified atom stereocenters. The molecule has 0 bridgehead atoms. The maximum Gasteiger partial charge on any atom is 0.223 e. The standard InChI is InChI=1S/C15H19NO3/c1-18-11-2-3-13-12(8-11)10(9-19-13)4-5-15(6-7-15)14(16)17/h2-3,8,10H,4-7,9H2,1H3,(H2,16,17). The fourth-order valence-corrected chi connectivity index (χ4v) is 2.84. The van der Waals surface area contributed by atoms with E-state index in [2.05, 4.69) is 0 Å². The highest BCUT2D eigenvalue weighted by Crippen LogP contribution is 2.51. The molecule has 3 rings (SSSR count). The number of primary amides is 1. The second-order valence-corrected chi connectivity index (χ2v) is 5.59. The topological polar surface area (TPSA) is 61.5 Å². The number of hydrogen-bond acceptors (Lipinski definition) is 3. The van der Waals surface area contributed by atoms with Crippen molar-refractivity contribution in [3.05, 3.63) is 23.8 Å². The Morgan fingerprint density at radius 2 is 2.32 bits per heavy atom. The maximum atomic E-state index is 11.4. The molecule has 0 radical (unpaired) electrons. The molecule has 1 heterocycles. The van der Waals surface area contributed by atoms with Crippen LogP contribution in [0.15, 0.2) is 18.2 Å². The molecule has 1 aliphatic heterocycles. The summed E-state index contributed by atoms with van der Waals surface area (Å²) in [5.41, 5.74) is 6.44. The molecule has 0 aromatic heterocycles. The van der Waals surface area contributed by atoms with E-state index in [0.717, 1.165) is 37.2 Å². The molecule has 4 heteroatoms. The summed E-state index contributed by atoms with van der Waals surface area (Å²) in [7, 11) is 1.67. The Labute approximate surface area is 112 Å². The van der Waals surface area contributed by atoms with E-state index in [1.807, 2.05) is 18.2 Å². The first kappa shape index (κ1) is 12.3. The van der Waals surface area contributed by atoms with Crippen molar-refractivity contribution in [2.75, 3.05) is 13.7 Å². The van der Waals surface area contributed by atoms with Crippen LogP contribution in [0.4, 0.5) is 0 Å². The second kappa shape index (κ2) is 4.44. The van der Waals surface area contributed by atoms with Gasteiger partial charge in [-0.25, -0.2) is 0 Å². The predicted molar refractivity (Wildman–Crippen MR) is 71.3 cm³/mol. The number of carbonyl (C=O) groups is 1. The van der Waals surface area contributed by atoms with Gasteiger partial charge in [-0.15, -0.1) is 0 Å². The zero-order chi connectivity index (χ0) is 13.5. The van der Waals surface area contributed by atoms with Crippen molar-refractivity contribution in [3.63, 3.8) is 0 Å². The lowest BCUT2D eigenvalue weighted by molar-refractivity contribution is -0.123. The van der Waals surface area contributed by atoms with Gasteiger partial charge >= 0.3 is 0 Å². The Kier molecular flexibility index (Phi) is 2.88. The van der Waals surface area contributed by atoms with Crippen LogP contribution in [-0.4, -0.2) is 19.6 Å². The second-order valence-electron chi connectivity index (χ2n) is 5.59. The van der Waals surface area contributed by atoms with Gasteiger partial charge in [0.05, 0.1) is 13.7 Å². The summed E-state index contributed by atoms with van der Waals surface area (Å²) in [5.74, 6) is 2.00. The number of ether oxygens (including phenoxy) is 2. The number of fused-ring (bicyclic) bond motifs is 1. The highest BCUT2D eigenvalue weighted by atomic mass is 16.5. The number of carbonyl (C=O) groups excluding carboxylic acids is 1. The molecule has 0 spiro atoms. The van der Waals surface area contributed by atoms with E-state index in [-0.39, 0.29) is 11.3 Å². The molecule has 1 fully saturated rings. The van der Waals surface area contributed by atoms with E-state index in [1.54, 1.807) is 7.11 Å². The van der Waals surface area contributed by atoms with Crippen molar-refractivity contribution in [2.24, 2.45) is 11.1 Å². The van der Waals surface area contributed by atoms with Crippen LogP contribution in [0, 0.1) is 5.41 Å². The number of methoxy groups -OCH3 is 1. The van der Waals surface area contributed by atoms with E-state index in [9.17, 15) is 4.79 Å². The molecule has 2 N–H and O–H groups in total. The van der Waals surface area contributed by atoms with Crippen LogP contribution < -0.4 is 15.2 Å². The fourth-order valence-electron chi connectivity index (χ4n) is 2.84. The number of amides is 1. The SMILES string of the molecule is COc1ccc2c(c1)C(CCC1(C(N)=O)CC1)CO2. The minimum atomic E-state index is -0.221. The first-order chi connectivity index (χ1) is 9.14. The van der Waals surface area contributed by atoms with Crippen molar-refractivity contribution >= 4 is 5.91 Å². The molecule has 102 valence electrons. The number of benzene rings is 1. The van der Waals surface area contributed by atoms with Crippen molar-refractivity contribution in [2.45, 2.75) is 31.6 Å². The third-order valence-electron chi connectivity index (χ3n) is 4.44. The summed E-state index contributed by atoms with van der Waals surface area (Å²) in [6.07, 6.45) is 3.71. The lowest BCUT2D eigenvalue weighted by Crippen LogP contribution is -2.25. The lowest BCUT2D eigenvalue weighted by atomic mass is 9.90. The Bertz CT molecular complexity index is 508. The van der Waals surface area contributed by atoms with Gasteiger partial charge in [0.25, 0.3) is 0 Å². The molecule has 2 aliphatic rings. The summed E-state index contributed by atoms with van der Waals surface area (Å²) >= 11 is 0. The van der Waals surface area contributed by atoms with E-state index in [4.69, 9.17) is 15.2 Å². The van der Waals surface area contributed by atoms with Gasteiger partial charge in [-0.05, 0) is 43.9 Å². The molecular weight excluding hydrogens is 242 g/mol. The van der Waals surface area contributed by atoms with E-state index < -0.39 is 0 Å². The van der Waals surface area contributed by atoms with Gasteiger partial charge in [-0.3, -0.25) is 4.79 Å². The molecule has 0 saturated heterocycles. The maximum absolute atomic E-state index is 11.4. The van der Waals surface area contributed by atoms with Crippen molar-refractivity contribution in [1.29, 1.82) is 0 Å². The molecular formula is C15H19NO3. The highest BCUT2D eigenvalue weighted by molar-refractivity contribution is 5.83. The molecule has 1 aromatic carbocycles. The first-order valence-electron chi connectivity index (χ1n) is 6.75. The van der Waals surface area contributed by atoms with Crippen molar-refractivity contribution < 1.29 is 14.3 Å². The first-order valence-corrected chi connectivity index (χ1v) is 6.75. The summed E-state index contributed by atoms with van der Waals surface area (Å²) in [6.45, 7) is 0.692. The van der Waals surface area contributed by atoms with Crippen LogP contribution >= 0.6 is 0 Å². The minimum Gasteiger partial charge on any atom is -0.497 e. The summed E-state index contributed by atoms with van der Waals surface area (Å²) in [4.78, 5) is 11.4. The van der Waals surface area contributed by atoms with Crippen LogP contribution in [0.1, 0.15) is 37.2 Å².